The Hall–Kier alpha value is -1.35. The summed E-state index contributed by atoms with van der Waals surface area (Å²) in [6, 6.07) is 4.89. The molecule has 5 nitrogen and oxygen atoms in total. The molecule has 0 bridgehead atoms. The van der Waals surface area contributed by atoms with Crippen LogP contribution >= 0.6 is 24.0 Å². The third-order valence-electron chi connectivity index (χ3n) is 5.06. The van der Waals surface area contributed by atoms with Crippen molar-refractivity contribution in [3.8, 4) is 0 Å². The van der Waals surface area contributed by atoms with Gasteiger partial charge in [-0.2, -0.15) is 0 Å². The molecule has 2 heterocycles. The average Bonchev–Trinajstić information content (AvgIpc) is 2.86. The van der Waals surface area contributed by atoms with Gasteiger partial charge in [0.2, 0.25) is 0 Å². The topological polar surface area (TPSA) is 55.5 Å². The van der Waals surface area contributed by atoms with Crippen LogP contribution in [0.25, 0.3) is 10.9 Å². The molecule has 0 atom stereocenters. The van der Waals surface area contributed by atoms with Crippen LogP contribution in [0.3, 0.4) is 0 Å². The van der Waals surface area contributed by atoms with Gasteiger partial charge < -0.3 is 20.5 Å². The van der Waals surface area contributed by atoms with Crippen LogP contribution in [0.5, 0.6) is 0 Å². The van der Waals surface area contributed by atoms with E-state index < -0.39 is 0 Å². The van der Waals surface area contributed by atoms with Crippen LogP contribution < -0.4 is 10.6 Å². The molecule has 3 N–H and O–H groups in total. The number of aromatic amines is 1. The van der Waals surface area contributed by atoms with Crippen molar-refractivity contribution in [3.63, 3.8) is 0 Å². The minimum Gasteiger partial charge on any atom is -0.361 e. The maximum Gasteiger partial charge on any atom is 0.191 e. The highest BCUT2D eigenvalue weighted by molar-refractivity contribution is 14.0. The standard InChI is InChI=1S/C20H30FN5.HI/c1-22-20(24-10-13-26-11-4-2-3-5-12-26)23-9-8-16-15-25-19-14-17(21)6-7-18(16)19;/h6-7,14-15,25H,2-5,8-13H2,1H3,(H2,22,23,24);1H. The van der Waals surface area contributed by atoms with Gasteiger partial charge in [-0.25, -0.2) is 4.39 Å². The molecule has 0 unspecified atom stereocenters. The van der Waals surface area contributed by atoms with Gasteiger partial charge in [-0.3, -0.25) is 4.99 Å². The average molecular weight is 487 g/mol. The summed E-state index contributed by atoms with van der Waals surface area (Å²) in [5.74, 6) is 0.628. The van der Waals surface area contributed by atoms with Gasteiger partial charge in [0.15, 0.2) is 5.96 Å². The van der Waals surface area contributed by atoms with Gasteiger partial charge in [-0.1, -0.05) is 12.8 Å². The first-order valence-electron chi connectivity index (χ1n) is 9.68. The summed E-state index contributed by atoms with van der Waals surface area (Å²) in [6.45, 7) is 5.19. The molecule has 1 aromatic heterocycles. The predicted octanol–water partition coefficient (Wildman–Crippen LogP) is 3.51. The van der Waals surface area contributed by atoms with Crippen molar-refractivity contribution >= 4 is 40.8 Å². The number of guanidine groups is 1. The van der Waals surface area contributed by atoms with E-state index >= 15 is 0 Å². The Labute approximate surface area is 178 Å². The third-order valence-corrected chi connectivity index (χ3v) is 5.06. The number of H-pyrrole nitrogens is 1. The molecule has 1 saturated heterocycles. The number of fused-ring (bicyclic) bond motifs is 1. The number of benzene rings is 1. The first-order valence-corrected chi connectivity index (χ1v) is 9.68. The molecular weight excluding hydrogens is 456 g/mol. The number of hydrogen-bond donors (Lipinski definition) is 3. The van der Waals surface area contributed by atoms with E-state index in [0.717, 1.165) is 42.9 Å². The lowest BCUT2D eigenvalue weighted by Gasteiger charge is -2.20. The molecule has 2 aromatic rings. The molecule has 1 aliphatic heterocycles. The minimum atomic E-state index is -0.210. The zero-order valence-electron chi connectivity index (χ0n) is 16.1. The minimum absolute atomic E-state index is 0. The Bertz CT molecular complexity index is 722. The van der Waals surface area contributed by atoms with Gasteiger partial charge in [-0.15, -0.1) is 24.0 Å². The van der Waals surface area contributed by atoms with Crippen LogP contribution in [0, 0.1) is 5.82 Å². The molecule has 0 aliphatic carbocycles. The number of nitrogens with one attached hydrogen (secondary N) is 3. The number of rotatable bonds is 6. The zero-order valence-corrected chi connectivity index (χ0v) is 18.4. The number of halogens is 2. The van der Waals surface area contributed by atoms with E-state index in [1.54, 1.807) is 7.05 Å². The molecule has 0 saturated carbocycles. The van der Waals surface area contributed by atoms with Crippen molar-refractivity contribution in [2.24, 2.45) is 4.99 Å². The molecule has 0 spiro atoms. The zero-order chi connectivity index (χ0) is 18.2. The van der Waals surface area contributed by atoms with Gasteiger partial charge in [0, 0.05) is 43.8 Å². The quantitative estimate of drug-likeness (QED) is 0.332. The van der Waals surface area contributed by atoms with E-state index in [-0.39, 0.29) is 29.8 Å². The monoisotopic (exact) mass is 487 g/mol. The van der Waals surface area contributed by atoms with E-state index in [2.05, 4.69) is 25.5 Å². The summed E-state index contributed by atoms with van der Waals surface area (Å²) in [7, 11) is 1.80. The fraction of sp³-hybridized carbons (Fsp3) is 0.550. The summed E-state index contributed by atoms with van der Waals surface area (Å²) in [5, 5.41) is 7.85. The summed E-state index contributed by atoms with van der Waals surface area (Å²) < 4.78 is 13.3. The van der Waals surface area contributed by atoms with Gasteiger partial charge >= 0.3 is 0 Å². The number of nitrogens with zero attached hydrogens (tertiary/aromatic N) is 2. The van der Waals surface area contributed by atoms with Crippen molar-refractivity contribution in [3.05, 3.63) is 35.8 Å². The normalized spacial score (nSPS) is 16.0. The molecule has 150 valence electrons. The highest BCUT2D eigenvalue weighted by Gasteiger charge is 2.09. The Morgan fingerprint density at radius 3 is 2.63 bits per heavy atom. The lowest BCUT2D eigenvalue weighted by atomic mass is 10.1. The molecule has 7 heteroatoms. The SMILES string of the molecule is CN=C(NCCc1c[nH]c2cc(F)ccc12)NCCN1CCCCCC1.I. The van der Waals surface area contributed by atoms with Crippen LogP contribution in [0.15, 0.2) is 29.4 Å². The smallest absolute Gasteiger partial charge is 0.191 e. The molecule has 1 fully saturated rings. The van der Waals surface area contributed by atoms with Gasteiger partial charge in [0.25, 0.3) is 0 Å². The molecule has 1 aromatic carbocycles. The lowest BCUT2D eigenvalue weighted by molar-refractivity contribution is 0.289. The van der Waals surface area contributed by atoms with Crippen molar-refractivity contribution in [2.75, 3.05) is 39.8 Å². The Kier molecular flexibility index (Phi) is 9.33. The fourth-order valence-corrected chi connectivity index (χ4v) is 3.59. The second-order valence-electron chi connectivity index (χ2n) is 6.94. The van der Waals surface area contributed by atoms with Crippen molar-refractivity contribution in [1.29, 1.82) is 0 Å². The summed E-state index contributed by atoms with van der Waals surface area (Å²) >= 11 is 0. The predicted molar refractivity (Wildman–Crippen MR) is 122 cm³/mol. The molecule has 1 aliphatic rings. The second-order valence-corrected chi connectivity index (χ2v) is 6.94. The first kappa shape index (κ1) is 21.9. The number of aliphatic imine (C=N–C) groups is 1. The van der Waals surface area contributed by atoms with Gasteiger partial charge in [0.1, 0.15) is 5.82 Å². The van der Waals surface area contributed by atoms with Gasteiger partial charge in [-0.05, 0) is 56.1 Å². The van der Waals surface area contributed by atoms with E-state index in [4.69, 9.17) is 0 Å². The number of hydrogen-bond acceptors (Lipinski definition) is 2. The van der Waals surface area contributed by atoms with Crippen LogP contribution in [0.1, 0.15) is 31.2 Å². The maximum absolute atomic E-state index is 13.3. The second kappa shape index (κ2) is 11.5. The Morgan fingerprint density at radius 1 is 1.15 bits per heavy atom. The van der Waals surface area contributed by atoms with E-state index in [1.807, 2.05) is 12.3 Å². The Morgan fingerprint density at radius 2 is 1.89 bits per heavy atom. The highest BCUT2D eigenvalue weighted by atomic mass is 127. The lowest BCUT2D eigenvalue weighted by Crippen LogP contribution is -2.42. The first-order chi connectivity index (χ1) is 12.8. The molecule has 27 heavy (non-hydrogen) atoms. The van der Waals surface area contributed by atoms with Crippen LogP contribution in [-0.4, -0.2) is 55.6 Å². The molecule has 3 rings (SSSR count). The van der Waals surface area contributed by atoms with Crippen molar-refractivity contribution in [1.82, 2.24) is 20.5 Å². The number of aromatic nitrogens is 1. The molecule has 0 amide bonds. The number of likely N-dealkylation sites (tertiary alicyclic amines) is 1. The molecular formula is C20H31FIN5. The summed E-state index contributed by atoms with van der Waals surface area (Å²) in [5.41, 5.74) is 2.03. The van der Waals surface area contributed by atoms with E-state index in [9.17, 15) is 4.39 Å². The fourth-order valence-electron chi connectivity index (χ4n) is 3.59. The Balaban J connectivity index is 0.00000261. The summed E-state index contributed by atoms with van der Waals surface area (Å²) in [6.07, 6.45) is 8.20. The van der Waals surface area contributed by atoms with Crippen LogP contribution in [0.4, 0.5) is 4.39 Å². The summed E-state index contributed by atoms with van der Waals surface area (Å²) in [4.78, 5) is 9.98. The van der Waals surface area contributed by atoms with Crippen molar-refractivity contribution in [2.45, 2.75) is 32.1 Å². The van der Waals surface area contributed by atoms with Crippen LogP contribution in [-0.2, 0) is 6.42 Å². The van der Waals surface area contributed by atoms with Crippen LogP contribution in [0.2, 0.25) is 0 Å². The van der Waals surface area contributed by atoms with E-state index in [1.165, 1.54) is 56.5 Å². The highest BCUT2D eigenvalue weighted by Crippen LogP contribution is 2.19. The van der Waals surface area contributed by atoms with Crippen molar-refractivity contribution < 1.29 is 4.39 Å². The molecule has 0 radical (unpaired) electrons. The third kappa shape index (κ3) is 6.64. The maximum atomic E-state index is 13.3. The largest absolute Gasteiger partial charge is 0.361 e. The van der Waals surface area contributed by atoms with E-state index in [0.29, 0.717) is 0 Å². The van der Waals surface area contributed by atoms with Gasteiger partial charge in [0.05, 0.1) is 0 Å².